The summed E-state index contributed by atoms with van der Waals surface area (Å²) in [5.74, 6) is 2.03. The molecule has 3 rings (SSSR count). The summed E-state index contributed by atoms with van der Waals surface area (Å²) in [5, 5.41) is 0.922. The lowest BCUT2D eigenvalue weighted by Gasteiger charge is -2.09. The Bertz CT molecular complexity index is 772. The molecule has 4 nitrogen and oxygen atoms in total. The minimum atomic E-state index is 0.568. The molecule has 0 saturated heterocycles. The lowest BCUT2D eigenvalue weighted by Crippen LogP contribution is -1.99. The number of benzene rings is 2. The zero-order valence-electron chi connectivity index (χ0n) is 12.0. The van der Waals surface area contributed by atoms with Crippen LogP contribution in [0.4, 0.5) is 0 Å². The van der Waals surface area contributed by atoms with E-state index in [1.54, 1.807) is 7.11 Å². The first-order chi connectivity index (χ1) is 10.3. The van der Waals surface area contributed by atoms with Crippen LogP contribution < -0.4 is 9.47 Å². The lowest BCUT2D eigenvalue weighted by molar-refractivity contribution is 0.331. The van der Waals surface area contributed by atoms with Gasteiger partial charge in [0.15, 0.2) is 5.82 Å². The van der Waals surface area contributed by atoms with E-state index in [1.807, 2.05) is 55.5 Å². The summed E-state index contributed by atoms with van der Waals surface area (Å²) in [7, 11) is 1.64. The van der Waals surface area contributed by atoms with E-state index < -0.39 is 0 Å². The first-order valence-electron chi connectivity index (χ1n) is 6.86. The molecule has 0 aliphatic heterocycles. The van der Waals surface area contributed by atoms with Crippen LogP contribution in [0.25, 0.3) is 22.3 Å². The Hall–Kier alpha value is -2.62. The van der Waals surface area contributed by atoms with Gasteiger partial charge in [-0.3, -0.25) is 0 Å². The second-order valence-corrected chi connectivity index (χ2v) is 4.53. The van der Waals surface area contributed by atoms with Gasteiger partial charge in [0, 0.05) is 5.56 Å². The molecule has 4 heteroatoms. The minimum absolute atomic E-state index is 0.568. The molecule has 21 heavy (non-hydrogen) atoms. The Morgan fingerprint density at radius 2 is 1.86 bits per heavy atom. The highest BCUT2D eigenvalue weighted by molar-refractivity contribution is 5.85. The summed E-state index contributed by atoms with van der Waals surface area (Å²) < 4.78 is 10.9. The Morgan fingerprint density at radius 3 is 2.67 bits per heavy atom. The first kappa shape index (κ1) is 13.4. The smallest absolute Gasteiger partial charge is 0.225 e. The third-order valence-electron chi connectivity index (χ3n) is 3.18. The van der Waals surface area contributed by atoms with Gasteiger partial charge in [-0.05, 0) is 31.2 Å². The van der Waals surface area contributed by atoms with Crippen molar-refractivity contribution in [2.45, 2.75) is 6.92 Å². The molecule has 0 bridgehead atoms. The number of fused-ring (bicyclic) bond motifs is 1. The summed E-state index contributed by atoms with van der Waals surface area (Å²) in [5.41, 5.74) is 1.77. The lowest BCUT2D eigenvalue weighted by atomic mass is 10.2. The van der Waals surface area contributed by atoms with Crippen molar-refractivity contribution in [3.8, 4) is 23.0 Å². The molecule has 0 aliphatic rings. The normalized spacial score (nSPS) is 10.6. The van der Waals surface area contributed by atoms with Crippen molar-refractivity contribution < 1.29 is 9.47 Å². The molecule has 0 amide bonds. The van der Waals surface area contributed by atoms with E-state index in [9.17, 15) is 0 Å². The largest absolute Gasteiger partial charge is 0.497 e. The van der Waals surface area contributed by atoms with Gasteiger partial charge in [-0.2, -0.15) is 4.98 Å². The molecule has 0 radical (unpaired) electrons. The summed E-state index contributed by atoms with van der Waals surface area (Å²) in [6, 6.07) is 15.5. The monoisotopic (exact) mass is 280 g/mol. The zero-order chi connectivity index (χ0) is 14.7. The molecular weight excluding hydrogens is 264 g/mol. The third-order valence-corrected chi connectivity index (χ3v) is 3.18. The van der Waals surface area contributed by atoms with Crippen LogP contribution in [-0.2, 0) is 0 Å². The summed E-state index contributed by atoms with van der Waals surface area (Å²) >= 11 is 0. The van der Waals surface area contributed by atoms with Crippen LogP contribution in [0.5, 0.6) is 11.6 Å². The predicted octanol–water partition coefficient (Wildman–Crippen LogP) is 3.70. The van der Waals surface area contributed by atoms with Crippen molar-refractivity contribution in [1.29, 1.82) is 0 Å². The van der Waals surface area contributed by atoms with Crippen LogP contribution in [0.15, 0.2) is 48.5 Å². The fourth-order valence-corrected chi connectivity index (χ4v) is 2.19. The zero-order valence-corrected chi connectivity index (χ0v) is 12.0. The van der Waals surface area contributed by atoms with Crippen LogP contribution in [0, 0.1) is 0 Å². The van der Waals surface area contributed by atoms with Crippen molar-refractivity contribution in [1.82, 2.24) is 9.97 Å². The maximum atomic E-state index is 5.66. The molecular formula is C17H16N2O2. The van der Waals surface area contributed by atoms with Crippen molar-refractivity contribution in [2.75, 3.05) is 13.7 Å². The van der Waals surface area contributed by atoms with Crippen LogP contribution >= 0.6 is 0 Å². The van der Waals surface area contributed by atoms with Gasteiger partial charge in [-0.25, -0.2) is 4.98 Å². The molecule has 3 aromatic rings. The summed E-state index contributed by atoms with van der Waals surface area (Å²) in [6.07, 6.45) is 0. The molecule has 0 fully saturated rings. The Morgan fingerprint density at radius 1 is 1.00 bits per heavy atom. The highest BCUT2D eigenvalue weighted by Crippen LogP contribution is 2.27. The van der Waals surface area contributed by atoms with E-state index in [0.717, 1.165) is 22.2 Å². The number of hydrogen-bond donors (Lipinski definition) is 0. The van der Waals surface area contributed by atoms with Gasteiger partial charge >= 0.3 is 0 Å². The van der Waals surface area contributed by atoms with E-state index in [0.29, 0.717) is 18.3 Å². The van der Waals surface area contributed by atoms with E-state index in [-0.39, 0.29) is 0 Å². The molecule has 106 valence electrons. The van der Waals surface area contributed by atoms with Crippen LogP contribution in [0.3, 0.4) is 0 Å². The van der Waals surface area contributed by atoms with Crippen molar-refractivity contribution >= 4 is 10.9 Å². The molecule has 0 unspecified atom stereocenters. The van der Waals surface area contributed by atoms with Gasteiger partial charge in [0.05, 0.1) is 24.6 Å². The SMILES string of the molecule is CCOc1nc(-c2cccc(OC)c2)nc2ccccc12. The van der Waals surface area contributed by atoms with E-state index in [2.05, 4.69) is 9.97 Å². The highest BCUT2D eigenvalue weighted by Gasteiger charge is 2.10. The maximum absolute atomic E-state index is 5.66. The number of methoxy groups -OCH3 is 1. The van der Waals surface area contributed by atoms with Gasteiger partial charge in [-0.15, -0.1) is 0 Å². The fraction of sp³-hybridized carbons (Fsp3) is 0.176. The molecule has 2 aromatic carbocycles. The number of aromatic nitrogens is 2. The average molecular weight is 280 g/mol. The second-order valence-electron chi connectivity index (χ2n) is 4.53. The standard InChI is InChI=1S/C17H16N2O2/c1-3-21-17-14-9-4-5-10-15(14)18-16(19-17)12-7-6-8-13(11-12)20-2/h4-11H,3H2,1-2H3. The van der Waals surface area contributed by atoms with E-state index >= 15 is 0 Å². The molecule has 1 aromatic heterocycles. The quantitative estimate of drug-likeness (QED) is 0.731. The molecule has 0 N–H and O–H groups in total. The van der Waals surface area contributed by atoms with Gasteiger partial charge in [-0.1, -0.05) is 24.3 Å². The summed E-state index contributed by atoms with van der Waals surface area (Å²) in [6.45, 7) is 2.51. The second kappa shape index (κ2) is 5.79. The Labute approximate surface area is 123 Å². The van der Waals surface area contributed by atoms with E-state index in [4.69, 9.17) is 9.47 Å². The number of rotatable bonds is 4. The number of nitrogens with zero attached hydrogens (tertiary/aromatic N) is 2. The molecule has 0 atom stereocenters. The fourth-order valence-electron chi connectivity index (χ4n) is 2.19. The Balaban J connectivity index is 2.18. The average Bonchev–Trinajstić information content (AvgIpc) is 2.55. The van der Waals surface area contributed by atoms with Crippen LogP contribution in [0.2, 0.25) is 0 Å². The highest BCUT2D eigenvalue weighted by atomic mass is 16.5. The van der Waals surface area contributed by atoms with Crippen molar-refractivity contribution in [3.63, 3.8) is 0 Å². The van der Waals surface area contributed by atoms with Crippen molar-refractivity contribution in [3.05, 3.63) is 48.5 Å². The van der Waals surface area contributed by atoms with E-state index in [1.165, 1.54) is 0 Å². The van der Waals surface area contributed by atoms with Crippen LogP contribution in [-0.4, -0.2) is 23.7 Å². The molecule has 0 aliphatic carbocycles. The first-order valence-corrected chi connectivity index (χ1v) is 6.86. The van der Waals surface area contributed by atoms with Gasteiger partial charge in [0.25, 0.3) is 0 Å². The Kier molecular flexibility index (Phi) is 3.69. The topological polar surface area (TPSA) is 44.2 Å². The van der Waals surface area contributed by atoms with Crippen LogP contribution in [0.1, 0.15) is 6.92 Å². The molecule has 0 spiro atoms. The number of hydrogen-bond acceptors (Lipinski definition) is 4. The molecule has 1 heterocycles. The number of para-hydroxylation sites is 1. The van der Waals surface area contributed by atoms with Gasteiger partial charge < -0.3 is 9.47 Å². The van der Waals surface area contributed by atoms with Gasteiger partial charge in [0.2, 0.25) is 5.88 Å². The van der Waals surface area contributed by atoms with Gasteiger partial charge in [0.1, 0.15) is 5.75 Å². The van der Waals surface area contributed by atoms with Crippen molar-refractivity contribution in [2.24, 2.45) is 0 Å². The predicted molar refractivity (Wildman–Crippen MR) is 82.7 cm³/mol. The molecule has 0 saturated carbocycles. The maximum Gasteiger partial charge on any atom is 0.225 e. The summed E-state index contributed by atoms with van der Waals surface area (Å²) in [4.78, 5) is 9.16. The minimum Gasteiger partial charge on any atom is -0.497 e. The number of ether oxygens (including phenoxy) is 2. The third kappa shape index (κ3) is 2.65.